The molecule has 0 spiro atoms. The summed E-state index contributed by atoms with van der Waals surface area (Å²) >= 11 is 2.12. The highest BCUT2D eigenvalue weighted by Gasteiger charge is 2.35. The fourth-order valence-electron chi connectivity index (χ4n) is 2.63. The van der Waals surface area contributed by atoms with Crippen LogP contribution in [0.5, 0.6) is 0 Å². The van der Waals surface area contributed by atoms with E-state index in [1.807, 2.05) is 10.8 Å². The molecule has 0 amide bonds. The minimum Gasteiger partial charge on any atom is -0.628 e. The molecule has 3 N–H and O–H groups in total. The Morgan fingerprint density at radius 2 is 2.19 bits per heavy atom. The third-order valence-corrected chi connectivity index (χ3v) is 4.57. The zero-order valence-electron chi connectivity index (χ0n) is 10.9. The number of ether oxygens (including phenoxy) is 1. The second-order valence-corrected chi connectivity index (χ2v) is 6.18. The molecule has 0 bridgehead atoms. The SMILES string of the molecule is [O-][NH+]([O-])c1ccc2c(c1)c(I)cn2C1CC(O)C(CO)O1. The normalized spacial score (nSPS) is 26.1. The summed E-state index contributed by atoms with van der Waals surface area (Å²) in [5.74, 6) is 0. The van der Waals surface area contributed by atoms with Gasteiger partial charge in [0.05, 0.1) is 18.2 Å². The van der Waals surface area contributed by atoms with E-state index in [1.54, 1.807) is 12.1 Å². The Morgan fingerprint density at radius 3 is 2.81 bits per heavy atom. The molecule has 3 atom stereocenters. The smallest absolute Gasteiger partial charge is 0.137 e. The minimum atomic E-state index is -1.21. The van der Waals surface area contributed by atoms with Gasteiger partial charge in [-0.2, -0.15) is 0 Å². The molecule has 21 heavy (non-hydrogen) atoms. The zero-order valence-corrected chi connectivity index (χ0v) is 13.1. The molecule has 7 nitrogen and oxygen atoms in total. The van der Waals surface area contributed by atoms with Gasteiger partial charge in [-0.05, 0) is 28.7 Å². The van der Waals surface area contributed by atoms with Crippen LogP contribution in [0.3, 0.4) is 0 Å². The number of quaternary nitrogens is 1. The number of hydrogen-bond acceptors (Lipinski definition) is 5. The van der Waals surface area contributed by atoms with Crippen LogP contribution in [-0.4, -0.2) is 33.6 Å². The first-order chi connectivity index (χ1) is 10.0. The summed E-state index contributed by atoms with van der Waals surface area (Å²) in [5.41, 5.74) is 0.943. The van der Waals surface area contributed by atoms with E-state index >= 15 is 0 Å². The van der Waals surface area contributed by atoms with Crippen molar-refractivity contribution in [1.82, 2.24) is 4.57 Å². The van der Waals surface area contributed by atoms with Crippen molar-refractivity contribution in [2.45, 2.75) is 24.9 Å². The molecule has 0 radical (unpaired) electrons. The number of rotatable bonds is 3. The molecule has 2 aromatic rings. The van der Waals surface area contributed by atoms with Crippen LogP contribution in [0, 0.1) is 14.0 Å². The highest BCUT2D eigenvalue weighted by atomic mass is 127. The molecule has 1 aromatic carbocycles. The van der Waals surface area contributed by atoms with Crippen LogP contribution in [0.2, 0.25) is 0 Å². The van der Waals surface area contributed by atoms with Gasteiger partial charge in [0.15, 0.2) is 0 Å². The number of fused-ring (bicyclic) bond motifs is 1. The zero-order chi connectivity index (χ0) is 15.1. The lowest BCUT2D eigenvalue weighted by Gasteiger charge is -2.24. The average Bonchev–Trinajstić information content (AvgIpc) is 2.99. The summed E-state index contributed by atoms with van der Waals surface area (Å²) < 4.78 is 8.38. The number of nitrogens with zero attached hydrogens (tertiary/aromatic N) is 1. The quantitative estimate of drug-likeness (QED) is 0.507. The van der Waals surface area contributed by atoms with Gasteiger partial charge in [-0.25, -0.2) is 0 Å². The van der Waals surface area contributed by atoms with Crippen LogP contribution in [0.25, 0.3) is 10.9 Å². The predicted molar refractivity (Wildman–Crippen MR) is 83.6 cm³/mol. The number of aliphatic hydroxyl groups excluding tert-OH is 2. The van der Waals surface area contributed by atoms with Gasteiger partial charge in [-0.3, -0.25) is 0 Å². The Kier molecular flexibility index (Phi) is 4.19. The van der Waals surface area contributed by atoms with Gasteiger partial charge in [0.1, 0.15) is 18.0 Å². The van der Waals surface area contributed by atoms with E-state index in [4.69, 9.17) is 9.84 Å². The van der Waals surface area contributed by atoms with Crippen LogP contribution in [0.15, 0.2) is 24.4 Å². The molecular weight excluding hydrogens is 391 g/mol. The van der Waals surface area contributed by atoms with Crippen molar-refractivity contribution in [2.75, 3.05) is 6.61 Å². The third-order valence-electron chi connectivity index (χ3n) is 3.71. The van der Waals surface area contributed by atoms with E-state index in [2.05, 4.69) is 22.6 Å². The van der Waals surface area contributed by atoms with Crippen molar-refractivity contribution >= 4 is 39.2 Å². The molecule has 0 saturated carbocycles. The first-order valence-corrected chi connectivity index (χ1v) is 7.55. The average molecular weight is 405 g/mol. The standard InChI is InChI=1S/C13H14IN2O5/c14-9-5-15(13-4-11(18)12(6-17)21-13)10-2-1-7(16(19)20)3-8(9)10/h1-3,5,11-13,16-18H,4,6H2/q-1. The van der Waals surface area contributed by atoms with Gasteiger partial charge < -0.3 is 35.2 Å². The van der Waals surface area contributed by atoms with Crippen LogP contribution in [0.4, 0.5) is 5.69 Å². The van der Waals surface area contributed by atoms with E-state index in [9.17, 15) is 15.5 Å². The Labute approximate surface area is 134 Å². The van der Waals surface area contributed by atoms with Gasteiger partial charge in [0.2, 0.25) is 0 Å². The Hall–Kier alpha value is -0.750. The maximum Gasteiger partial charge on any atom is 0.137 e. The summed E-state index contributed by atoms with van der Waals surface area (Å²) in [6.07, 6.45) is 0.552. The van der Waals surface area contributed by atoms with Crippen LogP contribution >= 0.6 is 22.6 Å². The highest BCUT2D eigenvalue weighted by molar-refractivity contribution is 14.1. The summed E-state index contributed by atoms with van der Waals surface area (Å²) in [7, 11) is 0. The van der Waals surface area contributed by atoms with Crippen molar-refractivity contribution < 1.29 is 20.2 Å². The Morgan fingerprint density at radius 1 is 1.43 bits per heavy atom. The molecule has 8 heteroatoms. The van der Waals surface area contributed by atoms with Crippen LogP contribution in [0.1, 0.15) is 12.6 Å². The first kappa shape index (κ1) is 15.2. The lowest BCUT2D eigenvalue weighted by molar-refractivity contribution is -0.715. The first-order valence-electron chi connectivity index (χ1n) is 6.47. The summed E-state index contributed by atoms with van der Waals surface area (Å²) in [6, 6.07) is 4.75. The van der Waals surface area contributed by atoms with Crippen molar-refractivity contribution in [1.29, 1.82) is 0 Å². The van der Waals surface area contributed by atoms with Gasteiger partial charge in [-0.15, -0.1) is 0 Å². The van der Waals surface area contributed by atoms with E-state index in [1.165, 1.54) is 6.07 Å². The van der Waals surface area contributed by atoms with Gasteiger partial charge >= 0.3 is 0 Å². The molecule has 1 aromatic heterocycles. The maximum atomic E-state index is 10.9. The number of hydrogen-bond donors (Lipinski definition) is 3. The number of benzene rings is 1. The van der Waals surface area contributed by atoms with Gasteiger partial charge in [0.25, 0.3) is 0 Å². The van der Waals surface area contributed by atoms with Gasteiger partial charge in [-0.1, -0.05) is 0 Å². The summed E-state index contributed by atoms with van der Waals surface area (Å²) in [4.78, 5) is 0. The van der Waals surface area contributed by atoms with Crippen molar-refractivity contribution in [3.8, 4) is 0 Å². The maximum absolute atomic E-state index is 10.9. The van der Waals surface area contributed by atoms with Crippen LogP contribution in [-0.2, 0) is 4.74 Å². The molecular formula is C13H14IN2O5-. The third kappa shape index (κ3) is 2.68. The molecule has 0 aliphatic carbocycles. The number of halogens is 1. The fraction of sp³-hybridized carbons (Fsp3) is 0.385. The molecule has 1 fully saturated rings. The highest BCUT2D eigenvalue weighted by Crippen LogP contribution is 2.34. The lowest BCUT2D eigenvalue weighted by atomic mass is 10.2. The van der Waals surface area contributed by atoms with E-state index < -0.39 is 17.4 Å². The topological polar surface area (TPSA) is 105 Å². The van der Waals surface area contributed by atoms with Crippen molar-refractivity contribution in [3.05, 3.63) is 38.4 Å². The van der Waals surface area contributed by atoms with E-state index in [-0.39, 0.29) is 18.5 Å². The number of aromatic nitrogens is 1. The van der Waals surface area contributed by atoms with Crippen LogP contribution < -0.4 is 5.23 Å². The molecule has 3 unspecified atom stereocenters. The fourth-order valence-corrected chi connectivity index (χ4v) is 3.36. The number of nitrogens with one attached hydrogen (secondary N) is 1. The molecule has 1 aliphatic heterocycles. The summed E-state index contributed by atoms with van der Waals surface area (Å²) in [5, 5.41) is 40.4. The van der Waals surface area contributed by atoms with E-state index in [0.29, 0.717) is 6.42 Å². The van der Waals surface area contributed by atoms with E-state index in [0.717, 1.165) is 14.5 Å². The Balaban J connectivity index is 2.01. The Bertz CT molecular complexity index is 659. The number of aliphatic hydroxyl groups is 2. The second kappa shape index (κ2) is 5.80. The van der Waals surface area contributed by atoms with Crippen molar-refractivity contribution in [2.24, 2.45) is 0 Å². The monoisotopic (exact) mass is 405 g/mol. The molecule has 1 saturated heterocycles. The molecule has 114 valence electrons. The summed E-state index contributed by atoms with van der Waals surface area (Å²) in [6.45, 7) is -0.233. The molecule has 1 aliphatic rings. The lowest BCUT2D eigenvalue weighted by Crippen LogP contribution is -2.96. The predicted octanol–water partition coefficient (Wildman–Crippen LogP) is 0.399. The minimum absolute atomic E-state index is 0.124. The largest absolute Gasteiger partial charge is 0.628 e. The molecule has 3 rings (SSSR count). The van der Waals surface area contributed by atoms with Crippen molar-refractivity contribution in [3.63, 3.8) is 0 Å². The van der Waals surface area contributed by atoms with Gasteiger partial charge in [0, 0.05) is 33.7 Å². The molecule has 2 heterocycles. The second-order valence-electron chi connectivity index (χ2n) is 5.02.